The van der Waals surface area contributed by atoms with E-state index in [1.807, 2.05) is 0 Å². The van der Waals surface area contributed by atoms with Gasteiger partial charge >= 0.3 is 0 Å². The van der Waals surface area contributed by atoms with Crippen LogP contribution in [0.3, 0.4) is 0 Å². The Morgan fingerprint density at radius 1 is 1.41 bits per heavy atom. The minimum atomic E-state index is 0.659. The third kappa shape index (κ3) is 3.22. The lowest BCUT2D eigenvalue weighted by Crippen LogP contribution is -2.22. The van der Waals surface area contributed by atoms with Crippen molar-refractivity contribution in [3.63, 3.8) is 0 Å². The van der Waals surface area contributed by atoms with Gasteiger partial charge in [0.1, 0.15) is 5.75 Å². The van der Waals surface area contributed by atoms with E-state index in [0.717, 1.165) is 32.5 Å². The molecular formula is C15H23NO. The number of nitrogens with one attached hydrogen (secondary N) is 1. The molecule has 2 nitrogen and oxygen atoms in total. The Labute approximate surface area is 104 Å². The first-order valence-corrected chi connectivity index (χ1v) is 6.75. The summed E-state index contributed by atoms with van der Waals surface area (Å²) in [5, 5.41) is 3.41. The summed E-state index contributed by atoms with van der Waals surface area (Å²) in [6, 6.07) is 6.59. The number of fused-ring (bicyclic) bond motifs is 1. The van der Waals surface area contributed by atoms with Crippen LogP contribution in [0.1, 0.15) is 31.4 Å². The van der Waals surface area contributed by atoms with Gasteiger partial charge in [-0.2, -0.15) is 0 Å². The number of hydrogen-bond acceptors (Lipinski definition) is 2. The summed E-state index contributed by atoms with van der Waals surface area (Å²) in [5.74, 6) is 1.83. The van der Waals surface area contributed by atoms with Crippen LogP contribution in [0, 0.1) is 5.92 Å². The van der Waals surface area contributed by atoms with E-state index in [1.165, 1.54) is 23.3 Å². The Morgan fingerprint density at radius 2 is 2.29 bits per heavy atom. The van der Waals surface area contributed by atoms with Crippen LogP contribution in [0.15, 0.2) is 18.2 Å². The van der Waals surface area contributed by atoms with E-state index < -0.39 is 0 Å². The van der Waals surface area contributed by atoms with Crippen LogP contribution in [-0.4, -0.2) is 19.7 Å². The Balaban J connectivity index is 2.05. The Bertz CT molecular complexity index is 362. The molecule has 1 aliphatic rings. The topological polar surface area (TPSA) is 21.3 Å². The molecule has 0 spiro atoms. The zero-order valence-electron chi connectivity index (χ0n) is 11.0. The van der Waals surface area contributed by atoms with E-state index in [2.05, 4.69) is 37.4 Å². The first kappa shape index (κ1) is 12.4. The van der Waals surface area contributed by atoms with Gasteiger partial charge in [-0.3, -0.25) is 0 Å². The van der Waals surface area contributed by atoms with Gasteiger partial charge < -0.3 is 10.1 Å². The van der Waals surface area contributed by atoms with Crippen molar-refractivity contribution in [2.24, 2.45) is 5.92 Å². The predicted octanol–water partition coefficient (Wildman–Crippen LogP) is 2.80. The third-order valence-electron chi connectivity index (χ3n) is 3.33. The van der Waals surface area contributed by atoms with Crippen molar-refractivity contribution >= 4 is 0 Å². The van der Waals surface area contributed by atoms with Crippen LogP contribution < -0.4 is 10.1 Å². The maximum atomic E-state index is 5.84. The van der Waals surface area contributed by atoms with Gasteiger partial charge in [-0.05, 0) is 49.4 Å². The quantitative estimate of drug-likeness (QED) is 0.844. The highest BCUT2D eigenvalue weighted by Crippen LogP contribution is 2.30. The minimum Gasteiger partial charge on any atom is -0.493 e. The van der Waals surface area contributed by atoms with E-state index in [0.29, 0.717) is 5.92 Å². The van der Waals surface area contributed by atoms with Crippen molar-refractivity contribution in [3.05, 3.63) is 29.3 Å². The maximum Gasteiger partial charge on any atom is 0.125 e. The molecule has 2 rings (SSSR count). The summed E-state index contributed by atoms with van der Waals surface area (Å²) in [6.07, 6.45) is 3.43. The number of hydrogen-bond donors (Lipinski definition) is 1. The number of rotatable bonds is 5. The van der Waals surface area contributed by atoms with Crippen molar-refractivity contribution in [1.82, 2.24) is 5.32 Å². The molecule has 1 unspecified atom stereocenters. The van der Waals surface area contributed by atoms with Gasteiger partial charge in [0.2, 0.25) is 0 Å². The van der Waals surface area contributed by atoms with Crippen molar-refractivity contribution in [2.75, 3.05) is 19.7 Å². The zero-order chi connectivity index (χ0) is 12.1. The van der Waals surface area contributed by atoms with Crippen LogP contribution in [0.25, 0.3) is 0 Å². The second-order valence-electron chi connectivity index (χ2n) is 4.97. The van der Waals surface area contributed by atoms with Crippen molar-refractivity contribution in [3.8, 4) is 5.75 Å². The maximum absolute atomic E-state index is 5.84. The summed E-state index contributed by atoms with van der Waals surface area (Å²) in [5.41, 5.74) is 2.78. The second-order valence-corrected chi connectivity index (χ2v) is 4.97. The Morgan fingerprint density at radius 3 is 3.12 bits per heavy atom. The fourth-order valence-electron chi connectivity index (χ4n) is 2.46. The largest absolute Gasteiger partial charge is 0.493 e. The molecule has 0 saturated heterocycles. The summed E-state index contributed by atoms with van der Waals surface area (Å²) in [4.78, 5) is 0. The van der Waals surface area contributed by atoms with Gasteiger partial charge in [0.05, 0.1) is 6.61 Å². The molecule has 17 heavy (non-hydrogen) atoms. The molecule has 1 N–H and O–H groups in total. The number of benzene rings is 1. The lowest BCUT2D eigenvalue weighted by Gasteiger charge is -2.22. The summed E-state index contributed by atoms with van der Waals surface area (Å²) < 4.78 is 5.84. The highest BCUT2D eigenvalue weighted by molar-refractivity contribution is 5.43. The van der Waals surface area contributed by atoms with Gasteiger partial charge in [0, 0.05) is 0 Å². The molecule has 0 saturated carbocycles. The molecule has 1 heterocycles. The van der Waals surface area contributed by atoms with Gasteiger partial charge in [-0.15, -0.1) is 0 Å². The lowest BCUT2D eigenvalue weighted by atomic mass is 9.95. The van der Waals surface area contributed by atoms with Crippen LogP contribution >= 0.6 is 0 Å². The first-order valence-electron chi connectivity index (χ1n) is 6.75. The number of ether oxygens (including phenoxy) is 1. The molecule has 0 amide bonds. The van der Waals surface area contributed by atoms with Gasteiger partial charge in [-0.1, -0.05) is 32.0 Å². The van der Waals surface area contributed by atoms with Crippen LogP contribution in [0.2, 0.25) is 0 Å². The smallest absolute Gasteiger partial charge is 0.125 e. The normalized spacial score (nSPS) is 16.1. The molecule has 1 aliphatic heterocycles. The number of para-hydroxylation sites is 1. The zero-order valence-corrected chi connectivity index (χ0v) is 11.0. The van der Waals surface area contributed by atoms with Crippen LogP contribution in [-0.2, 0) is 12.8 Å². The van der Waals surface area contributed by atoms with E-state index in [4.69, 9.17) is 4.74 Å². The standard InChI is InChI=1S/C15H23NO/c1-3-16-11-12(2)10-14-7-4-6-13-8-5-9-17-15(13)14/h4,6-7,12,16H,3,5,8-11H2,1-2H3. The highest BCUT2D eigenvalue weighted by atomic mass is 16.5. The van der Waals surface area contributed by atoms with E-state index >= 15 is 0 Å². The fourth-order valence-corrected chi connectivity index (χ4v) is 2.46. The molecule has 1 aromatic carbocycles. The lowest BCUT2D eigenvalue weighted by molar-refractivity contribution is 0.283. The average Bonchev–Trinajstić information content (AvgIpc) is 2.37. The molecule has 1 atom stereocenters. The second kappa shape index (κ2) is 6.06. The minimum absolute atomic E-state index is 0.659. The summed E-state index contributed by atoms with van der Waals surface area (Å²) in [7, 11) is 0. The highest BCUT2D eigenvalue weighted by Gasteiger charge is 2.15. The monoisotopic (exact) mass is 233 g/mol. The van der Waals surface area contributed by atoms with Gasteiger partial charge in [0.15, 0.2) is 0 Å². The van der Waals surface area contributed by atoms with E-state index in [-0.39, 0.29) is 0 Å². The van der Waals surface area contributed by atoms with E-state index in [9.17, 15) is 0 Å². The van der Waals surface area contributed by atoms with Crippen LogP contribution in [0.4, 0.5) is 0 Å². The molecule has 1 aromatic rings. The first-order chi connectivity index (χ1) is 8.31. The molecule has 0 aromatic heterocycles. The Kier molecular flexibility index (Phi) is 4.43. The average molecular weight is 233 g/mol. The van der Waals surface area contributed by atoms with Crippen LogP contribution in [0.5, 0.6) is 5.75 Å². The van der Waals surface area contributed by atoms with Gasteiger partial charge in [0.25, 0.3) is 0 Å². The van der Waals surface area contributed by atoms with Crippen molar-refractivity contribution < 1.29 is 4.74 Å². The molecule has 0 fully saturated rings. The molecule has 0 aliphatic carbocycles. The summed E-state index contributed by atoms with van der Waals surface area (Å²) >= 11 is 0. The fraction of sp³-hybridized carbons (Fsp3) is 0.600. The molecular weight excluding hydrogens is 210 g/mol. The Hall–Kier alpha value is -1.02. The molecule has 0 bridgehead atoms. The SMILES string of the molecule is CCNCC(C)Cc1cccc2c1OCCC2. The summed E-state index contributed by atoms with van der Waals surface area (Å²) in [6.45, 7) is 7.46. The van der Waals surface area contributed by atoms with Crippen molar-refractivity contribution in [1.29, 1.82) is 0 Å². The molecule has 0 radical (unpaired) electrons. The van der Waals surface area contributed by atoms with E-state index in [1.54, 1.807) is 0 Å². The van der Waals surface area contributed by atoms with Gasteiger partial charge in [-0.25, -0.2) is 0 Å². The molecule has 94 valence electrons. The number of aryl methyl sites for hydroxylation is 1. The predicted molar refractivity (Wildman–Crippen MR) is 71.7 cm³/mol. The third-order valence-corrected chi connectivity index (χ3v) is 3.33. The molecule has 2 heteroatoms. The van der Waals surface area contributed by atoms with Crippen molar-refractivity contribution in [2.45, 2.75) is 33.1 Å².